The largest absolute Gasteiger partial charge is 0.216 e. The Morgan fingerprint density at radius 2 is 1.69 bits per heavy atom. The van der Waals surface area contributed by atoms with E-state index in [1.165, 1.54) is 17.7 Å². The SMILES string of the molecule is Cc1ccc(-n2ncc3c2ncn2nc(-c4ccc(F)cc4)nc32)cc1. The molecule has 6 nitrogen and oxygen atoms in total. The fourth-order valence-corrected chi connectivity index (χ4v) is 2.92. The Bertz CT molecular complexity index is 1240. The first-order valence-corrected chi connectivity index (χ1v) is 8.11. The van der Waals surface area contributed by atoms with E-state index in [9.17, 15) is 4.39 Å². The van der Waals surface area contributed by atoms with Gasteiger partial charge in [0.1, 0.15) is 12.1 Å². The zero-order valence-electron chi connectivity index (χ0n) is 13.8. The summed E-state index contributed by atoms with van der Waals surface area (Å²) in [6.45, 7) is 2.04. The van der Waals surface area contributed by atoms with Gasteiger partial charge in [-0.15, -0.1) is 5.10 Å². The lowest BCUT2D eigenvalue weighted by atomic mass is 10.2. The first-order chi connectivity index (χ1) is 12.7. The monoisotopic (exact) mass is 344 g/mol. The lowest BCUT2D eigenvalue weighted by Crippen LogP contribution is -1.98. The minimum atomic E-state index is -0.291. The number of benzene rings is 2. The van der Waals surface area contributed by atoms with Crippen LogP contribution < -0.4 is 0 Å². The maximum absolute atomic E-state index is 13.1. The number of aromatic nitrogens is 6. The van der Waals surface area contributed by atoms with Crippen LogP contribution in [0.3, 0.4) is 0 Å². The second-order valence-corrected chi connectivity index (χ2v) is 6.08. The number of aryl methyl sites for hydroxylation is 1. The quantitative estimate of drug-likeness (QED) is 0.491. The van der Waals surface area contributed by atoms with Crippen LogP contribution in [-0.4, -0.2) is 29.4 Å². The molecule has 3 heterocycles. The predicted molar refractivity (Wildman–Crippen MR) is 95.5 cm³/mol. The lowest BCUT2D eigenvalue weighted by Gasteiger charge is -2.03. The molecule has 0 aliphatic heterocycles. The summed E-state index contributed by atoms with van der Waals surface area (Å²) in [5.74, 6) is 0.225. The third kappa shape index (κ3) is 2.25. The Labute approximate surface area is 147 Å². The van der Waals surface area contributed by atoms with Crippen LogP contribution in [0.5, 0.6) is 0 Å². The molecule has 0 saturated carbocycles. The molecule has 0 saturated heterocycles. The van der Waals surface area contributed by atoms with Gasteiger partial charge in [-0.1, -0.05) is 17.7 Å². The summed E-state index contributed by atoms with van der Waals surface area (Å²) in [6.07, 6.45) is 3.35. The molecule has 7 heteroatoms. The van der Waals surface area contributed by atoms with Crippen LogP contribution in [0.4, 0.5) is 4.39 Å². The van der Waals surface area contributed by atoms with E-state index < -0.39 is 0 Å². The van der Waals surface area contributed by atoms with E-state index in [0.717, 1.165) is 16.6 Å². The van der Waals surface area contributed by atoms with Gasteiger partial charge in [0, 0.05) is 5.56 Å². The third-order valence-electron chi connectivity index (χ3n) is 4.29. The molecule has 0 N–H and O–H groups in total. The van der Waals surface area contributed by atoms with E-state index >= 15 is 0 Å². The summed E-state index contributed by atoms with van der Waals surface area (Å²) >= 11 is 0. The van der Waals surface area contributed by atoms with E-state index in [1.807, 2.05) is 31.2 Å². The number of hydrogen-bond acceptors (Lipinski definition) is 4. The van der Waals surface area contributed by atoms with Gasteiger partial charge in [-0.25, -0.2) is 23.6 Å². The molecule has 0 aliphatic carbocycles. The van der Waals surface area contributed by atoms with E-state index in [0.29, 0.717) is 17.1 Å². The van der Waals surface area contributed by atoms with E-state index in [4.69, 9.17) is 0 Å². The molecule has 0 atom stereocenters. The first-order valence-electron chi connectivity index (χ1n) is 8.11. The average Bonchev–Trinajstić information content (AvgIpc) is 3.26. The van der Waals surface area contributed by atoms with E-state index in [1.54, 1.807) is 33.9 Å². The van der Waals surface area contributed by atoms with Crippen LogP contribution in [0, 0.1) is 12.7 Å². The molecule has 0 amide bonds. The Balaban J connectivity index is 1.68. The van der Waals surface area contributed by atoms with Crippen LogP contribution in [0.25, 0.3) is 33.8 Å². The standard InChI is InChI=1S/C19H13FN6/c1-12-2-8-15(9-3-12)26-18-16(10-22-26)19-23-17(24-25(19)11-21-18)13-4-6-14(20)7-5-13/h2-11H,1H3. The molecule has 0 fully saturated rings. The summed E-state index contributed by atoms with van der Waals surface area (Å²) < 4.78 is 16.5. The van der Waals surface area contributed by atoms with E-state index in [-0.39, 0.29) is 5.82 Å². The molecule has 0 radical (unpaired) electrons. The van der Waals surface area contributed by atoms with Crippen molar-refractivity contribution < 1.29 is 4.39 Å². The minimum Gasteiger partial charge on any atom is -0.216 e. The van der Waals surface area contributed by atoms with Crippen molar-refractivity contribution in [2.75, 3.05) is 0 Å². The van der Waals surface area contributed by atoms with Gasteiger partial charge in [-0.3, -0.25) is 0 Å². The lowest BCUT2D eigenvalue weighted by molar-refractivity contribution is 0.628. The summed E-state index contributed by atoms with van der Waals surface area (Å²) in [4.78, 5) is 9.09. The number of fused-ring (bicyclic) bond motifs is 3. The highest BCUT2D eigenvalue weighted by Crippen LogP contribution is 2.23. The van der Waals surface area contributed by atoms with Gasteiger partial charge in [0.25, 0.3) is 0 Å². The fraction of sp³-hybridized carbons (Fsp3) is 0.0526. The molecule has 0 unspecified atom stereocenters. The van der Waals surface area contributed by atoms with Crippen LogP contribution in [0.15, 0.2) is 61.1 Å². The van der Waals surface area contributed by atoms with Gasteiger partial charge >= 0.3 is 0 Å². The first kappa shape index (κ1) is 14.7. The van der Waals surface area contributed by atoms with Gasteiger partial charge in [0.15, 0.2) is 17.1 Å². The van der Waals surface area contributed by atoms with Crippen molar-refractivity contribution in [3.05, 3.63) is 72.4 Å². The predicted octanol–water partition coefficient (Wildman–Crippen LogP) is 3.58. The maximum atomic E-state index is 13.1. The maximum Gasteiger partial charge on any atom is 0.182 e. The molecule has 5 rings (SSSR count). The van der Waals surface area contributed by atoms with Crippen LogP contribution in [0.1, 0.15) is 5.56 Å². The van der Waals surface area contributed by atoms with Gasteiger partial charge in [0.05, 0.1) is 17.3 Å². The number of halogens is 1. The van der Waals surface area contributed by atoms with Crippen molar-refractivity contribution in [3.8, 4) is 17.1 Å². The topological polar surface area (TPSA) is 60.9 Å². The molecular formula is C19H13FN6. The van der Waals surface area contributed by atoms with Crippen LogP contribution in [-0.2, 0) is 0 Å². The van der Waals surface area contributed by atoms with Crippen molar-refractivity contribution >= 4 is 16.7 Å². The van der Waals surface area contributed by atoms with Crippen molar-refractivity contribution in [2.24, 2.45) is 0 Å². The molecular weight excluding hydrogens is 331 g/mol. The molecule has 5 aromatic rings. The van der Waals surface area contributed by atoms with Gasteiger partial charge in [-0.05, 0) is 43.3 Å². The summed E-state index contributed by atoms with van der Waals surface area (Å²) in [5.41, 5.74) is 4.23. The number of nitrogens with zero attached hydrogens (tertiary/aromatic N) is 6. The Hall–Kier alpha value is -3.61. The number of hydrogen-bond donors (Lipinski definition) is 0. The highest BCUT2D eigenvalue weighted by Gasteiger charge is 2.14. The summed E-state index contributed by atoms with van der Waals surface area (Å²) in [7, 11) is 0. The average molecular weight is 344 g/mol. The second kappa shape index (κ2) is 5.45. The second-order valence-electron chi connectivity index (χ2n) is 6.08. The zero-order chi connectivity index (χ0) is 17.7. The van der Waals surface area contributed by atoms with Crippen LogP contribution in [0.2, 0.25) is 0 Å². The Kier molecular flexibility index (Phi) is 3.08. The molecule has 2 aromatic carbocycles. The summed E-state index contributed by atoms with van der Waals surface area (Å²) in [5, 5.41) is 9.70. The van der Waals surface area contributed by atoms with Crippen molar-refractivity contribution in [2.45, 2.75) is 6.92 Å². The van der Waals surface area contributed by atoms with Gasteiger partial charge in [0.2, 0.25) is 0 Å². The van der Waals surface area contributed by atoms with Crippen LogP contribution >= 0.6 is 0 Å². The molecule has 0 aliphatic rings. The normalized spacial score (nSPS) is 11.5. The Morgan fingerprint density at radius 3 is 2.46 bits per heavy atom. The van der Waals surface area contributed by atoms with Gasteiger partial charge < -0.3 is 0 Å². The molecule has 126 valence electrons. The number of rotatable bonds is 2. The zero-order valence-corrected chi connectivity index (χ0v) is 13.8. The van der Waals surface area contributed by atoms with E-state index in [2.05, 4.69) is 20.2 Å². The van der Waals surface area contributed by atoms with Crippen molar-refractivity contribution in [1.82, 2.24) is 29.4 Å². The Morgan fingerprint density at radius 1 is 0.923 bits per heavy atom. The third-order valence-corrected chi connectivity index (χ3v) is 4.29. The highest BCUT2D eigenvalue weighted by atomic mass is 19.1. The van der Waals surface area contributed by atoms with Gasteiger partial charge in [-0.2, -0.15) is 5.10 Å². The van der Waals surface area contributed by atoms with Crippen molar-refractivity contribution in [1.29, 1.82) is 0 Å². The molecule has 3 aromatic heterocycles. The minimum absolute atomic E-state index is 0.291. The molecule has 0 spiro atoms. The smallest absolute Gasteiger partial charge is 0.182 e. The van der Waals surface area contributed by atoms with Crippen molar-refractivity contribution in [3.63, 3.8) is 0 Å². The summed E-state index contributed by atoms with van der Waals surface area (Å²) in [6, 6.07) is 14.2. The fourth-order valence-electron chi connectivity index (χ4n) is 2.92. The highest BCUT2D eigenvalue weighted by molar-refractivity contribution is 5.89. The molecule has 26 heavy (non-hydrogen) atoms. The molecule has 0 bridgehead atoms.